The lowest BCUT2D eigenvalue weighted by atomic mass is 9.98. The van der Waals surface area contributed by atoms with Gasteiger partial charge >= 0.3 is 6.09 Å². The highest BCUT2D eigenvalue weighted by molar-refractivity contribution is 5.68. The number of amides is 1. The minimum atomic E-state index is -0.447. The molecule has 1 aromatic heterocycles. The number of pyridine rings is 1. The molecule has 128 valence electrons. The van der Waals surface area contributed by atoms with Gasteiger partial charge in [0.1, 0.15) is 5.60 Å². The number of carbonyl (C=O) groups excluding carboxylic acids is 1. The van der Waals surface area contributed by atoms with Crippen LogP contribution in [0.4, 0.5) is 10.5 Å². The summed E-state index contributed by atoms with van der Waals surface area (Å²) < 4.78 is 10.5. The molecule has 1 N–H and O–H groups in total. The summed E-state index contributed by atoms with van der Waals surface area (Å²) >= 11 is 0. The van der Waals surface area contributed by atoms with E-state index in [1.807, 2.05) is 37.8 Å². The summed E-state index contributed by atoms with van der Waals surface area (Å²) in [6, 6.07) is 3.77. The van der Waals surface area contributed by atoms with Crippen LogP contribution in [-0.4, -0.2) is 48.3 Å². The molecule has 0 spiro atoms. The Morgan fingerprint density at radius 1 is 1.43 bits per heavy atom. The predicted molar refractivity (Wildman–Crippen MR) is 89.8 cm³/mol. The van der Waals surface area contributed by atoms with E-state index in [9.17, 15) is 4.79 Å². The maximum atomic E-state index is 12.2. The lowest BCUT2D eigenvalue weighted by Crippen LogP contribution is -2.44. The summed E-state index contributed by atoms with van der Waals surface area (Å²) in [6.07, 6.45) is 3.66. The lowest BCUT2D eigenvalue weighted by molar-refractivity contribution is 0.0172. The quantitative estimate of drug-likeness (QED) is 0.923. The highest BCUT2D eigenvalue weighted by Crippen LogP contribution is 2.20. The van der Waals surface area contributed by atoms with Crippen molar-refractivity contribution in [3.8, 4) is 5.88 Å². The number of ether oxygens (including phenoxy) is 2. The summed E-state index contributed by atoms with van der Waals surface area (Å²) in [4.78, 5) is 18.2. The van der Waals surface area contributed by atoms with Gasteiger partial charge in [-0.1, -0.05) is 0 Å². The fourth-order valence-corrected chi connectivity index (χ4v) is 2.59. The van der Waals surface area contributed by atoms with Gasteiger partial charge in [0.25, 0.3) is 0 Å². The van der Waals surface area contributed by atoms with E-state index in [2.05, 4.69) is 10.3 Å². The van der Waals surface area contributed by atoms with Crippen LogP contribution in [0.5, 0.6) is 5.88 Å². The van der Waals surface area contributed by atoms with Gasteiger partial charge in [-0.3, -0.25) is 0 Å². The molecule has 1 unspecified atom stereocenters. The number of hydrogen-bond donors (Lipinski definition) is 1. The van der Waals surface area contributed by atoms with E-state index in [4.69, 9.17) is 9.47 Å². The minimum Gasteiger partial charge on any atom is -0.481 e. The van der Waals surface area contributed by atoms with Gasteiger partial charge in [-0.25, -0.2) is 9.78 Å². The topological polar surface area (TPSA) is 63.7 Å². The van der Waals surface area contributed by atoms with Crippen molar-refractivity contribution >= 4 is 11.8 Å². The van der Waals surface area contributed by atoms with Crippen molar-refractivity contribution in [2.75, 3.05) is 32.1 Å². The number of likely N-dealkylation sites (tertiary alicyclic amines) is 1. The van der Waals surface area contributed by atoms with E-state index in [0.29, 0.717) is 11.8 Å². The zero-order valence-electron chi connectivity index (χ0n) is 14.5. The van der Waals surface area contributed by atoms with Gasteiger partial charge in [0.05, 0.1) is 19.0 Å². The Morgan fingerprint density at radius 2 is 2.22 bits per heavy atom. The number of nitrogens with zero attached hydrogens (tertiary/aromatic N) is 2. The predicted octanol–water partition coefficient (Wildman–Crippen LogP) is 3.15. The van der Waals surface area contributed by atoms with Gasteiger partial charge in [0.2, 0.25) is 5.88 Å². The first kappa shape index (κ1) is 17.4. The number of rotatable bonds is 4. The van der Waals surface area contributed by atoms with Crippen LogP contribution in [0.2, 0.25) is 0 Å². The third-order valence-corrected chi connectivity index (χ3v) is 3.71. The molecule has 1 amide bonds. The molecule has 0 aliphatic carbocycles. The number of anilines is 1. The van der Waals surface area contributed by atoms with Crippen molar-refractivity contribution in [1.82, 2.24) is 9.88 Å². The Bertz CT molecular complexity index is 511. The van der Waals surface area contributed by atoms with Gasteiger partial charge in [-0.05, 0) is 45.6 Å². The third kappa shape index (κ3) is 5.62. The number of hydrogen-bond acceptors (Lipinski definition) is 5. The second-order valence-electron chi connectivity index (χ2n) is 6.90. The molecule has 1 aliphatic rings. The Kier molecular flexibility index (Phi) is 5.69. The van der Waals surface area contributed by atoms with Crippen LogP contribution in [0.3, 0.4) is 0 Å². The highest BCUT2D eigenvalue weighted by Gasteiger charge is 2.27. The molecule has 6 nitrogen and oxygen atoms in total. The Morgan fingerprint density at radius 3 is 2.83 bits per heavy atom. The highest BCUT2D eigenvalue weighted by atomic mass is 16.6. The van der Waals surface area contributed by atoms with Crippen molar-refractivity contribution in [3.63, 3.8) is 0 Å². The number of piperidine rings is 1. The zero-order valence-corrected chi connectivity index (χ0v) is 14.5. The summed E-state index contributed by atoms with van der Waals surface area (Å²) in [5.41, 5.74) is 0.511. The summed E-state index contributed by atoms with van der Waals surface area (Å²) in [5, 5.41) is 3.38. The van der Waals surface area contributed by atoms with Crippen molar-refractivity contribution in [3.05, 3.63) is 18.3 Å². The minimum absolute atomic E-state index is 0.215. The van der Waals surface area contributed by atoms with Crippen molar-refractivity contribution < 1.29 is 14.3 Å². The van der Waals surface area contributed by atoms with Crippen molar-refractivity contribution in [2.45, 2.75) is 39.2 Å². The van der Waals surface area contributed by atoms with Crippen LogP contribution < -0.4 is 10.1 Å². The fraction of sp³-hybridized carbons (Fsp3) is 0.647. The van der Waals surface area contributed by atoms with E-state index >= 15 is 0 Å². The molecule has 1 saturated heterocycles. The molecular formula is C17H27N3O3. The number of methoxy groups -OCH3 is 1. The Hall–Kier alpha value is -1.98. The lowest BCUT2D eigenvalue weighted by Gasteiger charge is -2.34. The standard InChI is InChI=1S/C17H27N3O3/c1-17(2,3)23-16(21)20-9-5-6-13(12-20)10-18-14-7-8-15(22-4)19-11-14/h7-8,11,13,18H,5-6,9-10,12H2,1-4H3. The fourth-order valence-electron chi connectivity index (χ4n) is 2.59. The van der Waals surface area contributed by atoms with Crippen LogP contribution in [0.15, 0.2) is 18.3 Å². The zero-order chi connectivity index (χ0) is 16.9. The number of carbonyl (C=O) groups is 1. The van der Waals surface area contributed by atoms with Crippen LogP contribution >= 0.6 is 0 Å². The smallest absolute Gasteiger partial charge is 0.410 e. The molecule has 1 fully saturated rings. The average molecular weight is 321 g/mol. The van der Waals surface area contributed by atoms with Gasteiger partial charge in [-0.15, -0.1) is 0 Å². The van der Waals surface area contributed by atoms with E-state index in [1.54, 1.807) is 13.3 Å². The van der Waals surface area contributed by atoms with E-state index in [-0.39, 0.29) is 6.09 Å². The molecule has 0 aromatic carbocycles. The van der Waals surface area contributed by atoms with Crippen LogP contribution in [-0.2, 0) is 4.74 Å². The molecule has 1 atom stereocenters. The van der Waals surface area contributed by atoms with Crippen LogP contribution in [0, 0.1) is 5.92 Å². The molecular weight excluding hydrogens is 294 g/mol. The largest absolute Gasteiger partial charge is 0.481 e. The average Bonchev–Trinajstić information content (AvgIpc) is 2.52. The molecule has 0 radical (unpaired) electrons. The second-order valence-corrected chi connectivity index (χ2v) is 6.90. The SMILES string of the molecule is COc1ccc(NCC2CCCN(C(=O)OC(C)(C)C)C2)cn1. The summed E-state index contributed by atoms with van der Waals surface area (Å²) in [5.74, 6) is 1.02. The van der Waals surface area contributed by atoms with Crippen LogP contribution in [0.1, 0.15) is 33.6 Å². The molecule has 0 saturated carbocycles. The first-order chi connectivity index (χ1) is 10.9. The maximum absolute atomic E-state index is 12.2. The van der Waals surface area contributed by atoms with Crippen molar-refractivity contribution in [2.24, 2.45) is 5.92 Å². The molecule has 1 aromatic rings. The molecule has 6 heteroatoms. The molecule has 0 bridgehead atoms. The maximum Gasteiger partial charge on any atom is 0.410 e. The molecule has 2 heterocycles. The first-order valence-electron chi connectivity index (χ1n) is 8.09. The Labute approximate surface area is 138 Å². The van der Waals surface area contributed by atoms with E-state index in [0.717, 1.165) is 38.2 Å². The third-order valence-electron chi connectivity index (χ3n) is 3.71. The molecule has 23 heavy (non-hydrogen) atoms. The van der Waals surface area contributed by atoms with Gasteiger partial charge in [0.15, 0.2) is 0 Å². The van der Waals surface area contributed by atoms with Crippen molar-refractivity contribution in [1.29, 1.82) is 0 Å². The number of nitrogens with one attached hydrogen (secondary N) is 1. The summed E-state index contributed by atoms with van der Waals surface area (Å²) in [7, 11) is 1.60. The Balaban J connectivity index is 1.82. The first-order valence-corrected chi connectivity index (χ1v) is 8.09. The summed E-state index contributed by atoms with van der Waals surface area (Å²) in [6.45, 7) is 7.99. The van der Waals surface area contributed by atoms with E-state index < -0.39 is 5.60 Å². The normalized spacial score (nSPS) is 18.4. The second kappa shape index (κ2) is 7.53. The number of aromatic nitrogens is 1. The monoisotopic (exact) mass is 321 g/mol. The van der Waals surface area contributed by atoms with Gasteiger partial charge in [0, 0.05) is 25.7 Å². The van der Waals surface area contributed by atoms with Crippen LogP contribution in [0.25, 0.3) is 0 Å². The van der Waals surface area contributed by atoms with Gasteiger partial charge < -0.3 is 19.7 Å². The molecule has 1 aliphatic heterocycles. The van der Waals surface area contributed by atoms with Gasteiger partial charge in [-0.2, -0.15) is 0 Å². The molecule has 2 rings (SSSR count). The van der Waals surface area contributed by atoms with E-state index in [1.165, 1.54) is 0 Å².